The van der Waals surface area contributed by atoms with E-state index in [1.165, 1.54) is 5.56 Å². The van der Waals surface area contributed by atoms with Crippen molar-refractivity contribution < 1.29 is 4.74 Å². The van der Waals surface area contributed by atoms with Crippen molar-refractivity contribution in [1.29, 1.82) is 0 Å². The maximum atomic E-state index is 5.91. The topological polar surface area (TPSA) is 39.1 Å². The van der Waals surface area contributed by atoms with Crippen molar-refractivity contribution in [2.24, 2.45) is 0 Å². The average Bonchev–Trinajstić information content (AvgIpc) is 2.92. The summed E-state index contributed by atoms with van der Waals surface area (Å²) in [6.45, 7) is 5.62. The lowest BCUT2D eigenvalue weighted by atomic mass is 10.1. The summed E-state index contributed by atoms with van der Waals surface area (Å²) in [7, 11) is 1.95. The molecular weight excluding hydrogens is 238 g/mol. The number of aromatic nitrogens is 2. The van der Waals surface area contributed by atoms with Crippen LogP contribution in [-0.4, -0.2) is 16.8 Å². The molecule has 1 aromatic carbocycles. The van der Waals surface area contributed by atoms with Crippen molar-refractivity contribution in [2.75, 3.05) is 7.05 Å². The molecule has 0 spiro atoms. The van der Waals surface area contributed by atoms with Crippen LogP contribution in [-0.2, 0) is 13.2 Å². The summed E-state index contributed by atoms with van der Waals surface area (Å²) in [5.41, 5.74) is 2.27. The van der Waals surface area contributed by atoms with E-state index in [1.807, 2.05) is 42.3 Å². The van der Waals surface area contributed by atoms with Crippen LogP contribution in [0.25, 0.3) is 0 Å². The zero-order valence-corrected chi connectivity index (χ0v) is 11.8. The molecular formula is C15H21N3O. The van der Waals surface area contributed by atoms with E-state index in [0.717, 1.165) is 17.9 Å². The van der Waals surface area contributed by atoms with Crippen molar-refractivity contribution >= 4 is 0 Å². The second kappa shape index (κ2) is 6.38. The van der Waals surface area contributed by atoms with Gasteiger partial charge < -0.3 is 10.1 Å². The number of nitrogens with zero attached hydrogens (tertiary/aromatic N) is 2. The molecule has 102 valence electrons. The number of hydrogen-bond donors (Lipinski definition) is 1. The summed E-state index contributed by atoms with van der Waals surface area (Å²) >= 11 is 0. The number of ether oxygens (including phenoxy) is 1. The van der Waals surface area contributed by atoms with Gasteiger partial charge in [-0.1, -0.05) is 18.2 Å². The van der Waals surface area contributed by atoms with Crippen LogP contribution >= 0.6 is 0 Å². The second-order valence-corrected chi connectivity index (χ2v) is 4.54. The van der Waals surface area contributed by atoms with Crippen LogP contribution < -0.4 is 10.1 Å². The highest BCUT2D eigenvalue weighted by molar-refractivity contribution is 5.35. The third-order valence-electron chi connectivity index (χ3n) is 3.22. The van der Waals surface area contributed by atoms with Crippen LogP contribution in [0.5, 0.6) is 5.75 Å². The fourth-order valence-corrected chi connectivity index (χ4v) is 1.94. The summed E-state index contributed by atoms with van der Waals surface area (Å²) in [6, 6.07) is 8.40. The number of aryl methyl sites for hydroxylation is 1. The lowest BCUT2D eigenvalue weighted by Crippen LogP contribution is -2.13. The monoisotopic (exact) mass is 259 g/mol. The summed E-state index contributed by atoms with van der Waals surface area (Å²) < 4.78 is 7.81. The van der Waals surface area contributed by atoms with E-state index in [0.29, 0.717) is 6.61 Å². The number of hydrogen-bond acceptors (Lipinski definition) is 3. The van der Waals surface area contributed by atoms with E-state index in [1.54, 1.807) is 0 Å². The van der Waals surface area contributed by atoms with E-state index in [4.69, 9.17) is 4.74 Å². The smallest absolute Gasteiger partial charge is 0.124 e. The first-order valence-corrected chi connectivity index (χ1v) is 6.65. The van der Waals surface area contributed by atoms with Gasteiger partial charge in [0.1, 0.15) is 12.4 Å². The number of rotatable bonds is 6. The molecule has 0 aliphatic rings. The van der Waals surface area contributed by atoms with E-state index < -0.39 is 0 Å². The highest BCUT2D eigenvalue weighted by Crippen LogP contribution is 2.25. The second-order valence-electron chi connectivity index (χ2n) is 4.54. The molecule has 2 rings (SSSR count). The third-order valence-corrected chi connectivity index (χ3v) is 3.22. The predicted octanol–water partition coefficient (Wildman–Crippen LogP) is 2.76. The Morgan fingerprint density at radius 2 is 2.16 bits per heavy atom. The van der Waals surface area contributed by atoms with Crippen LogP contribution in [0.2, 0.25) is 0 Å². The van der Waals surface area contributed by atoms with Crippen molar-refractivity contribution in [3.63, 3.8) is 0 Å². The molecule has 0 aliphatic heterocycles. The quantitative estimate of drug-likeness (QED) is 0.867. The van der Waals surface area contributed by atoms with E-state index in [2.05, 4.69) is 30.3 Å². The minimum absolute atomic E-state index is 0.273. The molecule has 0 bridgehead atoms. The van der Waals surface area contributed by atoms with Gasteiger partial charge in [0.05, 0.1) is 6.20 Å². The Balaban J connectivity index is 2.06. The van der Waals surface area contributed by atoms with Crippen LogP contribution in [0.4, 0.5) is 0 Å². The van der Waals surface area contributed by atoms with Gasteiger partial charge in [0, 0.05) is 29.9 Å². The Bertz CT molecular complexity index is 522. The van der Waals surface area contributed by atoms with Crippen molar-refractivity contribution in [3.05, 3.63) is 47.8 Å². The maximum absolute atomic E-state index is 5.91. The van der Waals surface area contributed by atoms with Gasteiger partial charge in [0.25, 0.3) is 0 Å². The summed E-state index contributed by atoms with van der Waals surface area (Å²) in [4.78, 5) is 0. The van der Waals surface area contributed by atoms with Gasteiger partial charge in [-0.05, 0) is 27.0 Å². The van der Waals surface area contributed by atoms with Crippen molar-refractivity contribution in [3.8, 4) is 5.75 Å². The van der Waals surface area contributed by atoms with Gasteiger partial charge in [0.15, 0.2) is 0 Å². The highest BCUT2D eigenvalue weighted by Gasteiger charge is 2.09. The summed E-state index contributed by atoms with van der Waals surface area (Å²) in [5.74, 6) is 0.925. The first-order chi connectivity index (χ1) is 9.24. The van der Waals surface area contributed by atoms with Gasteiger partial charge in [-0.2, -0.15) is 5.10 Å². The Morgan fingerprint density at radius 1 is 1.37 bits per heavy atom. The molecule has 19 heavy (non-hydrogen) atoms. The molecule has 0 saturated carbocycles. The molecule has 1 unspecified atom stereocenters. The molecule has 2 aromatic rings. The predicted molar refractivity (Wildman–Crippen MR) is 76.1 cm³/mol. The number of para-hydroxylation sites is 1. The van der Waals surface area contributed by atoms with E-state index in [-0.39, 0.29) is 6.04 Å². The van der Waals surface area contributed by atoms with Crippen molar-refractivity contribution in [2.45, 2.75) is 33.0 Å². The fraction of sp³-hybridized carbons (Fsp3) is 0.400. The lowest BCUT2D eigenvalue weighted by molar-refractivity contribution is 0.300. The van der Waals surface area contributed by atoms with E-state index >= 15 is 0 Å². The van der Waals surface area contributed by atoms with Gasteiger partial charge in [0.2, 0.25) is 0 Å². The van der Waals surface area contributed by atoms with Gasteiger partial charge in [-0.15, -0.1) is 0 Å². The zero-order chi connectivity index (χ0) is 13.7. The largest absolute Gasteiger partial charge is 0.488 e. The SMILES string of the molecule is CCn1cc(COc2ccccc2C(C)NC)cn1. The average molecular weight is 259 g/mol. The number of benzene rings is 1. The highest BCUT2D eigenvalue weighted by atomic mass is 16.5. The first-order valence-electron chi connectivity index (χ1n) is 6.65. The Labute approximate surface area is 114 Å². The molecule has 1 atom stereocenters. The standard InChI is InChI=1S/C15H21N3O/c1-4-18-10-13(9-17-18)11-19-15-8-6-5-7-14(15)12(2)16-3/h5-10,12,16H,4,11H2,1-3H3. The summed E-state index contributed by atoms with van der Waals surface area (Å²) in [6.07, 6.45) is 3.87. The molecule has 0 radical (unpaired) electrons. The van der Waals surface area contributed by atoms with Crippen LogP contribution in [0, 0.1) is 0 Å². The maximum Gasteiger partial charge on any atom is 0.124 e. The zero-order valence-electron chi connectivity index (χ0n) is 11.8. The molecule has 0 fully saturated rings. The molecule has 1 aromatic heterocycles. The lowest BCUT2D eigenvalue weighted by Gasteiger charge is -2.16. The molecule has 0 saturated heterocycles. The third kappa shape index (κ3) is 3.35. The van der Waals surface area contributed by atoms with Crippen LogP contribution in [0.3, 0.4) is 0 Å². The molecule has 0 amide bonds. The molecule has 4 nitrogen and oxygen atoms in total. The summed E-state index contributed by atoms with van der Waals surface area (Å²) in [5, 5.41) is 7.48. The van der Waals surface area contributed by atoms with Gasteiger partial charge in [-0.25, -0.2) is 0 Å². The van der Waals surface area contributed by atoms with E-state index in [9.17, 15) is 0 Å². The van der Waals surface area contributed by atoms with Crippen LogP contribution in [0.15, 0.2) is 36.7 Å². The van der Waals surface area contributed by atoms with Gasteiger partial charge >= 0.3 is 0 Å². The number of nitrogens with one attached hydrogen (secondary N) is 1. The first kappa shape index (κ1) is 13.6. The molecule has 1 N–H and O–H groups in total. The minimum atomic E-state index is 0.273. The Kier molecular flexibility index (Phi) is 4.58. The Morgan fingerprint density at radius 3 is 2.84 bits per heavy atom. The van der Waals surface area contributed by atoms with Crippen molar-refractivity contribution in [1.82, 2.24) is 15.1 Å². The fourth-order valence-electron chi connectivity index (χ4n) is 1.94. The molecule has 4 heteroatoms. The molecule has 1 heterocycles. The normalized spacial score (nSPS) is 12.4. The Hall–Kier alpha value is -1.81. The molecule has 0 aliphatic carbocycles. The minimum Gasteiger partial charge on any atom is -0.488 e. The van der Waals surface area contributed by atoms with Gasteiger partial charge in [-0.3, -0.25) is 4.68 Å². The van der Waals surface area contributed by atoms with Crippen LogP contribution in [0.1, 0.15) is 31.0 Å².